The Hall–Kier alpha value is -3.18. The van der Waals surface area contributed by atoms with Crippen LogP contribution in [0.4, 0.5) is 11.4 Å². The molecular formula is C25H20IN3O4S. The van der Waals surface area contributed by atoms with Gasteiger partial charge in [0.05, 0.1) is 19.1 Å². The molecule has 0 saturated carbocycles. The summed E-state index contributed by atoms with van der Waals surface area (Å²) in [5, 5.41) is 14.1. The molecule has 1 aliphatic heterocycles. The Morgan fingerprint density at radius 3 is 2.44 bits per heavy atom. The molecule has 3 aromatic carbocycles. The van der Waals surface area contributed by atoms with Gasteiger partial charge in [0.25, 0.3) is 11.6 Å². The smallest absolute Gasteiger partial charge is 0.269 e. The molecule has 0 aromatic heterocycles. The maximum atomic E-state index is 12.4. The lowest BCUT2D eigenvalue weighted by Crippen LogP contribution is -2.19. The van der Waals surface area contributed by atoms with Crippen molar-refractivity contribution in [2.75, 3.05) is 0 Å². The topological polar surface area (TPSA) is 93.8 Å². The van der Waals surface area contributed by atoms with Crippen LogP contribution < -0.4 is 10.1 Å². The molecule has 1 aliphatic rings. The Labute approximate surface area is 214 Å². The summed E-state index contributed by atoms with van der Waals surface area (Å²) in [7, 11) is 0. The maximum absolute atomic E-state index is 12.4. The summed E-state index contributed by atoms with van der Waals surface area (Å²) >= 11 is 3.49. The molecule has 3 aromatic rings. The van der Waals surface area contributed by atoms with Gasteiger partial charge >= 0.3 is 0 Å². The fourth-order valence-corrected chi connectivity index (χ4v) is 4.69. The van der Waals surface area contributed by atoms with Crippen molar-refractivity contribution >= 4 is 62.9 Å². The monoisotopic (exact) mass is 585 g/mol. The highest BCUT2D eigenvalue weighted by Crippen LogP contribution is 2.30. The molecule has 172 valence electrons. The van der Waals surface area contributed by atoms with E-state index in [9.17, 15) is 14.9 Å². The normalized spacial score (nSPS) is 15.5. The SMILES string of the molecule is CCc1ccc(N=C2NC(=O)/C(=C/c3ccc(OCc4ccc([N+](=O)[O-])cc4)c(I)c3)S2)cc1. The zero-order valence-corrected chi connectivity index (χ0v) is 21.1. The third-order valence-electron chi connectivity index (χ3n) is 5.02. The number of nitro benzene ring substituents is 1. The van der Waals surface area contributed by atoms with Crippen molar-refractivity contribution in [1.82, 2.24) is 5.32 Å². The number of hydrogen-bond acceptors (Lipinski definition) is 6. The molecule has 1 N–H and O–H groups in total. The quantitative estimate of drug-likeness (QED) is 0.154. The van der Waals surface area contributed by atoms with Gasteiger partial charge in [-0.2, -0.15) is 0 Å². The molecule has 0 atom stereocenters. The van der Waals surface area contributed by atoms with E-state index in [-0.39, 0.29) is 11.6 Å². The zero-order chi connectivity index (χ0) is 24.1. The van der Waals surface area contributed by atoms with Crippen molar-refractivity contribution < 1.29 is 14.5 Å². The minimum Gasteiger partial charge on any atom is -0.488 e. The second-order valence-electron chi connectivity index (χ2n) is 7.40. The molecule has 34 heavy (non-hydrogen) atoms. The number of nitrogens with zero attached hydrogens (tertiary/aromatic N) is 2. The van der Waals surface area contributed by atoms with Crippen LogP contribution in [0.25, 0.3) is 6.08 Å². The molecule has 7 nitrogen and oxygen atoms in total. The average Bonchev–Trinajstić information content (AvgIpc) is 3.17. The molecule has 0 spiro atoms. The number of thioether (sulfide) groups is 1. The summed E-state index contributed by atoms with van der Waals surface area (Å²) in [5.41, 5.74) is 3.79. The lowest BCUT2D eigenvalue weighted by atomic mass is 10.2. The molecule has 0 radical (unpaired) electrons. The summed E-state index contributed by atoms with van der Waals surface area (Å²) in [6.45, 7) is 2.40. The van der Waals surface area contributed by atoms with Gasteiger partial charge in [0.2, 0.25) is 0 Å². The Morgan fingerprint density at radius 2 is 1.79 bits per heavy atom. The number of non-ortho nitro benzene ring substituents is 1. The number of ether oxygens (including phenoxy) is 1. The number of benzene rings is 3. The van der Waals surface area contributed by atoms with Crippen molar-refractivity contribution in [2.45, 2.75) is 20.0 Å². The van der Waals surface area contributed by atoms with E-state index in [1.165, 1.54) is 29.5 Å². The van der Waals surface area contributed by atoms with E-state index < -0.39 is 4.92 Å². The van der Waals surface area contributed by atoms with Crippen LogP contribution >= 0.6 is 34.4 Å². The highest BCUT2D eigenvalue weighted by molar-refractivity contribution is 14.1. The largest absolute Gasteiger partial charge is 0.488 e. The summed E-state index contributed by atoms with van der Waals surface area (Å²) in [6.07, 6.45) is 2.79. The van der Waals surface area contributed by atoms with Crippen LogP contribution in [0.5, 0.6) is 5.75 Å². The Balaban J connectivity index is 1.41. The molecule has 9 heteroatoms. The van der Waals surface area contributed by atoms with Gasteiger partial charge in [-0.25, -0.2) is 4.99 Å². The van der Waals surface area contributed by atoms with Crippen LogP contribution in [-0.4, -0.2) is 16.0 Å². The predicted octanol–water partition coefficient (Wildman–Crippen LogP) is 6.23. The Bertz CT molecular complexity index is 1290. The molecule has 1 fully saturated rings. The number of aryl methyl sites for hydroxylation is 1. The van der Waals surface area contributed by atoms with Crippen molar-refractivity contribution in [2.24, 2.45) is 4.99 Å². The number of hydrogen-bond donors (Lipinski definition) is 1. The highest BCUT2D eigenvalue weighted by Gasteiger charge is 2.24. The van der Waals surface area contributed by atoms with E-state index in [1.54, 1.807) is 12.1 Å². The minimum absolute atomic E-state index is 0.0483. The number of nitro groups is 1. The molecule has 1 saturated heterocycles. The third-order valence-corrected chi connectivity index (χ3v) is 6.77. The summed E-state index contributed by atoms with van der Waals surface area (Å²) < 4.78 is 6.76. The van der Waals surface area contributed by atoms with Crippen molar-refractivity contribution in [3.8, 4) is 5.75 Å². The molecular weight excluding hydrogens is 565 g/mol. The lowest BCUT2D eigenvalue weighted by molar-refractivity contribution is -0.384. The summed E-state index contributed by atoms with van der Waals surface area (Å²) in [4.78, 5) is 27.8. The number of halogens is 1. The van der Waals surface area contributed by atoms with E-state index in [0.29, 0.717) is 22.4 Å². The molecule has 0 unspecified atom stereocenters. The van der Waals surface area contributed by atoms with Crippen LogP contribution in [0.1, 0.15) is 23.6 Å². The molecule has 1 amide bonds. The lowest BCUT2D eigenvalue weighted by Gasteiger charge is -2.09. The maximum Gasteiger partial charge on any atom is 0.269 e. The fourth-order valence-electron chi connectivity index (χ4n) is 3.15. The van der Waals surface area contributed by atoms with E-state index >= 15 is 0 Å². The number of carbonyl (C=O) groups is 1. The Kier molecular flexibility index (Phi) is 7.63. The van der Waals surface area contributed by atoms with Crippen molar-refractivity contribution in [3.05, 3.63) is 102 Å². The number of rotatable bonds is 7. The van der Waals surface area contributed by atoms with Crippen LogP contribution in [0.2, 0.25) is 0 Å². The number of amides is 1. The first-order chi connectivity index (χ1) is 16.4. The third kappa shape index (κ3) is 6.03. The van der Waals surface area contributed by atoms with Gasteiger partial charge < -0.3 is 10.1 Å². The second kappa shape index (κ2) is 10.8. The van der Waals surface area contributed by atoms with Crippen LogP contribution in [0.15, 0.2) is 76.6 Å². The Morgan fingerprint density at radius 1 is 1.09 bits per heavy atom. The van der Waals surface area contributed by atoms with E-state index in [2.05, 4.69) is 39.8 Å². The standard InChI is InChI=1S/C25H20IN3O4S/c1-2-16-3-8-19(9-4-16)27-25-28-24(30)23(34-25)14-18-7-12-22(21(26)13-18)33-15-17-5-10-20(11-6-17)29(31)32/h3-14H,2,15H2,1H3,(H,27,28,30)/b23-14-. The predicted molar refractivity (Wildman–Crippen MR) is 143 cm³/mol. The minimum atomic E-state index is -0.428. The molecule has 1 heterocycles. The number of nitrogens with one attached hydrogen (secondary N) is 1. The van der Waals surface area contributed by atoms with Crippen molar-refractivity contribution in [3.63, 3.8) is 0 Å². The number of carbonyl (C=O) groups excluding carboxylic acids is 1. The van der Waals surface area contributed by atoms with Gasteiger partial charge in [-0.05, 0) is 99.9 Å². The highest BCUT2D eigenvalue weighted by atomic mass is 127. The van der Waals surface area contributed by atoms with Gasteiger partial charge in [0.15, 0.2) is 5.17 Å². The van der Waals surface area contributed by atoms with Crippen LogP contribution in [0.3, 0.4) is 0 Å². The summed E-state index contributed by atoms with van der Waals surface area (Å²) in [5.74, 6) is 0.518. The zero-order valence-electron chi connectivity index (χ0n) is 18.2. The molecule has 0 aliphatic carbocycles. The molecule has 0 bridgehead atoms. The van der Waals surface area contributed by atoms with Gasteiger partial charge in [0.1, 0.15) is 12.4 Å². The van der Waals surface area contributed by atoms with E-state index in [4.69, 9.17) is 4.74 Å². The van der Waals surface area contributed by atoms with Gasteiger partial charge in [0, 0.05) is 12.1 Å². The first-order valence-electron chi connectivity index (χ1n) is 10.5. The summed E-state index contributed by atoms with van der Waals surface area (Å²) in [6, 6.07) is 19.9. The fraction of sp³-hybridized carbons (Fsp3) is 0.120. The van der Waals surface area contributed by atoms with Gasteiger partial charge in [-0.15, -0.1) is 0 Å². The second-order valence-corrected chi connectivity index (χ2v) is 9.60. The molecule has 4 rings (SSSR count). The first kappa shape index (κ1) is 24.0. The van der Waals surface area contributed by atoms with Crippen LogP contribution in [0, 0.1) is 13.7 Å². The van der Waals surface area contributed by atoms with E-state index in [0.717, 1.165) is 26.8 Å². The number of aliphatic imine (C=N–C) groups is 1. The van der Waals surface area contributed by atoms with Crippen LogP contribution in [-0.2, 0) is 17.8 Å². The number of amidine groups is 1. The van der Waals surface area contributed by atoms with Gasteiger partial charge in [-0.3, -0.25) is 14.9 Å². The van der Waals surface area contributed by atoms with Gasteiger partial charge in [-0.1, -0.05) is 25.1 Å². The first-order valence-corrected chi connectivity index (χ1v) is 12.3. The van der Waals surface area contributed by atoms with E-state index in [1.807, 2.05) is 48.5 Å². The average molecular weight is 585 g/mol. The van der Waals surface area contributed by atoms with Crippen molar-refractivity contribution in [1.29, 1.82) is 0 Å².